The Morgan fingerprint density at radius 1 is 0.978 bits per heavy atom. The van der Waals surface area contributed by atoms with Gasteiger partial charge in [0, 0.05) is 54.4 Å². The lowest BCUT2D eigenvalue weighted by Gasteiger charge is -2.48. The highest BCUT2D eigenvalue weighted by Gasteiger charge is 2.62. The number of hydrogen-bond acceptors (Lipinski definition) is 5. The van der Waals surface area contributed by atoms with E-state index in [-0.39, 0.29) is 29.8 Å². The first-order valence-corrected chi connectivity index (χ1v) is 17.4. The van der Waals surface area contributed by atoms with Gasteiger partial charge in [-0.05, 0) is 75.1 Å². The first kappa shape index (κ1) is 30.4. The molecule has 0 amide bonds. The molecular weight excluding hydrogens is 575 g/mol. The summed E-state index contributed by atoms with van der Waals surface area (Å²) in [6, 6.07) is 30.4. The zero-order valence-corrected chi connectivity index (χ0v) is 27.1. The van der Waals surface area contributed by atoms with E-state index >= 15 is 0 Å². The van der Waals surface area contributed by atoms with Gasteiger partial charge in [-0.2, -0.15) is 0 Å². The minimum atomic E-state index is -0.760. The number of esters is 1. The third-order valence-electron chi connectivity index (χ3n) is 10.3. The van der Waals surface area contributed by atoms with Crippen molar-refractivity contribution in [1.82, 2.24) is 4.90 Å². The Balaban J connectivity index is 1.31. The summed E-state index contributed by atoms with van der Waals surface area (Å²) >= 11 is 0. The minimum absolute atomic E-state index is 0.00336. The van der Waals surface area contributed by atoms with Crippen molar-refractivity contribution in [2.75, 3.05) is 19.0 Å². The largest absolute Gasteiger partial charge is 0.466 e. The van der Waals surface area contributed by atoms with Gasteiger partial charge in [-0.25, -0.2) is 4.79 Å². The van der Waals surface area contributed by atoms with E-state index in [1.165, 1.54) is 34.9 Å². The Morgan fingerprint density at radius 2 is 1.64 bits per heavy atom. The molecule has 45 heavy (non-hydrogen) atoms. The predicted molar refractivity (Wildman–Crippen MR) is 182 cm³/mol. The Hall–Kier alpha value is -3.27. The molecule has 6 heteroatoms. The number of nitrogens with one attached hydrogen (secondary N) is 1. The molecule has 2 fully saturated rings. The molecule has 2 heterocycles. The van der Waals surface area contributed by atoms with Crippen LogP contribution in [0.2, 0.25) is 0 Å². The van der Waals surface area contributed by atoms with Crippen molar-refractivity contribution in [2.24, 2.45) is 5.92 Å². The van der Waals surface area contributed by atoms with Crippen LogP contribution in [0.25, 0.3) is 0 Å². The van der Waals surface area contributed by atoms with Gasteiger partial charge in [0.25, 0.3) is 0 Å². The third kappa shape index (κ3) is 5.07. The number of carbonyl (C=O) groups is 2. The zero-order chi connectivity index (χ0) is 31.1. The zero-order valence-electron chi connectivity index (χ0n) is 26.2. The SMILES string of the molecule is CCC(=O)C[C@@H]1CC(C(=O)OC)=C2Nc3ccccc3[C@@]23CCN([C@H](C)[C]2[CH][CH][CH][C]2P(c2ccccc2)c2ccccc2)[C@@H]13. The lowest BCUT2D eigenvalue weighted by atomic mass is 9.62. The Kier molecular flexibility index (Phi) is 8.44. The van der Waals surface area contributed by atoms with Gasteiger partial charge in [0.05, 0.1) is 18.1 Å². The van der Waals surface area contributed by atoms with Gasteiger partial charge in [0.1, 0.15) is 5.78 Å². The van der Waals surface area contributed by atoms with E-state index in [2.05, 4.69) is 115 Å². The number of benzene rings is 3. The van der Waals surface area contributed by atoms with E-state index in [0.29, 0.717) is 24.8 Å². The maximum absolute atomic E-state index is 13.3. The highest BCUT2D eigenvalue weighted by molar-refractivity contribution is 7.76. The standard InChI is InChI=1S/C39H40N2O3P/c1-4-28(42)24-27-25-32(38(43)44-3)36-39(33-19-11-12-20-34(33)40-36)22-23-41(37(27)39)26(2)31-18-13-21-35(31)45(29-14-7-5-8-15-29)30-16-9-6-10-17-30/h5-21,26-27,37,40H,4,22-25H2,1-3H3/t26-,27-,37+,39+/m1/s1. The summed E-state index contributed by atoms with van der Waals surface area (Å²) in [5.74, 6) is 1.29. The normalized spacial score (nSPS) is 25.5. The number of anilines is 1. The van der Waals surface area contributed by atoms with Crippen molar-refractivity contribution in [3.63, 3.8) is 0 Å². The molecule has 3 aromatic rings. The van der Waals surface area contributed by atoms with Crippen LogP contribution < -0.4 is 15.9 Å². The third-order valence-corrected chi connectivity index (χ3v) is 12.8. The fourth-order valence-corrected chi connectivity index (χ4v) is 11.0. The molecule has 4 aliphatic rings. The van der Waals surface area contributed by atoms with Gasteiger partial charge in [-0.3, -0.25) is 9.69 Å². The van der Waals surface area contributed by atoms with Crippen molar-refractivity contribution >= 4 is 36.0 Å². The Labute approximate surface area is 269 Å². The van der Waals surface area contributed by atoms with Gasteiger partial charge >= 0.3 is 5.97 Å². The smallest absolute Gasteiger partial charge is 0.335 e. The maximum Gasteiger partial charge on any atom is 0.335 e. The van der Waals surface area contributed by atoms with Crippen LogP contribution >= 0.6 is 7.92 Å². The second kappa shape index (κ2) is 12.5. The lowest BCUT2D eigenvalue weighted by molar-refractivity contribution is -0.137. The van der Waals surface area contributed by atoms with E-state index in [4.69, 9.17) is 4.74 Å². The van der Waals surface area contributed by atoms with E-state index < -0.39 is 13.3 Å². The monoisotopic (exact) mass is 615 g/mol. The number of fused-ring (bicyclic) bond motifs is 1. The number of methoxy groups -OCH3 is 1. The van der Waals surface area contributed by atoms with Crippen molar-refractivity contribution in [3.8, 4) is 0 Å². The molecule has 1 saturated carbocycles. The maximum atomic E-state index is 13.3. The summed E-state index contributed by atoms with van der Waals surface area (Å²) in [5, 5.41) is 6.36. The molecule has 0 unspecified atom stereocenters. The number of ketones is 1. The molecule has 0 aromatic heterocycles. The summed E-state index contributed by atoms with van der Waals surface area (Å²) < 4.78 is 5.35. The van der Waals surface area contributed by atoms with Crippen molar-refractivity contribution in [2.45, 2.75) is 57.0 Å². The topological polar surface area (TPSA) is 58.6 Å². The number of ether oxygens (including phenoxy) is 1. The quantitative estimate of drug-likeness (QED) is 0.220. The Morgan fingerprint density at radius 3 is 2.31 bits per heavy atom. The highest BCUT2D eigenvalue weighted by Crippen LogP contribution is 2.62. The van der Waals surface area contributed by atoms with Gasteiger partial charge in [0.2, 0.25) is 0 Å². The summed E-state index contributed by atoms with van der Waals surface area (Å²) in [7, 11) is 0.699. The van der Waals surface area contributed by atoms with Crippen LogP contribution in [-0.2, 0) is 19.7 Å². The molecule has 2 aliphatic carbocycles. The Bertz CT molecular complexity index is 1550. The van der Waals surface area contributed by atoms with Gasteiger partial charge in [-0.1, -0.05) is 85.8 Å². The fraction of sp³-hybridized carbons (Fsp3) is 0.308. The molecule has 5 radical (unpaired) electrons. The minimum Gasteiger partial charge on any atom is -0.466 e. The molecule has 5 nitrogen and oxygen atoms in total. The molecule has 7 rings (SSSR count). The van der Waals surface area contributed by atoms with Crippen LogP contribution in [-0.4, -0.2) is 42.4 Å². The molecule has 0 bridgehead atoms. The number of Topliss-reactive ketones (excluding diaryl/α,β-unsaturated/α-hetero) is 1. The molecule has 1 saturated heterocycles. The predicted octanol–water partition coefficient (Wildman–Crippen LogP) is 6.49. The molecule has 229 valence electrons. The summed E-state index contributed by atoms with van der Waals surface area (Å²) in [6.45, 7) is 5.15. The number of hydrogen-bond donors (Lipinski definition) is 1. The van der Waals surface area contributed by atoms with E-state index in [9.17, 15) is 9.59 Å². The molecule has 1 spiro atoms. The van der Waals surface area contributed by atoms with Crippen molar-refractivity contribution in [3.05, 3.63) is 133 Å². The van der Waals surface area contributed by atoms with Crippen LogP contribution in [0.4, 0.5) is 5.69 Å². The van der Waals surface area contributed by atoms with E-state index in [0.717, 1.165) is 24.4 Å². The molecule has 3 aromatic carbocycles. The average Bonchev–Trinajstić information content (AvgIpc) is 3.81. The molecule has 2 aliphatic heterocycles. The fourth-order valence-electron chi connectivity index (χ4n) is 8.40. The number of nitrogens with zero attached hydrogens (tertiary/aromatic N) is 1. The van der Waals surface area contributed by atoms with Crippen molar-refractivity contribution < 1.29 is 14.3 Å². The second-order valence-electron chi connectivity index (χ2n) is 12.5. The molecular formula is C39H40N2O3P. The van der Waals surface area contributed by atoms with Gasteiger partial charge < -0.3 is 10.1 Å². The van der Waals surface area contributed by atoms with Crippen LogP contribution in [0.3, 0.4) is 0 Å². The average molecular weight is 616 g/mol. The van der Waals surface area contributed by atoms with Crippen LogP contribution in [0.1, 0.15) is 45.1 Å². The van der Waals surface area contributed by atoms with E-state index in [1.54, 1.807) is 0 Å². The number of rotatable bonds is 9. The lowest BCUT2D eigenvalue weighted by Crippen LogP contribution is -2.55. The highest BCUT2D eigenvalue weighted by atomic mass is 31.1. The first-order chi connectivity index (χ1) is 22.0. The number of likely N-dealkylation sites (tertiary alicyclic amines) is 1. The molecule has 1 N–H and O–H groups in total. The van der Waals surface area contributed by atoms with Gasteiger partial charge in [-0.15, -0.1) is 0 Å². The van der Waals surface area contributed by atoms with Crippen LogP contribution in [0, 0.1) is 36.8 Å². The van der Waals surface area contributed by atoms with Crippen LogP contribution in [0.5, 0.6) is 0 Å². The molecule has 4 atom stereocenters. The van der Waals surface area contributed by atoms with Crippen LogP contribution in [0.15, 0.2) is 96.2 Å². The van der Waals surface area contributed by atoms with E-state index in [1.807, 2.05) is 13.0 Å². The number of para-hydroxylation sites is 1. The van der Waals surface area contributed by atoms with Gasteiger partial charge in [0.15, 0.2) is 0 Å². The van der Waals surface area contributed by atoms with Crippen molar-refractivity contribution in [1.29, 1.82) is 0 Å². The second-order valence-corrected chi connectivity index (χ2v) is 14.7. The first-order valence-electron chi connectivity index (χ1n) is 16.1. The summed E-state index contributed by atoms with van der Waals surface area (Å²) in [4.78, 5) is 29.1. The summed E-state index contributed by atoms with van der Waals surface area (Å²) in [5.41, 5.74) is 4.94. The number of carbonyl (C=O) groups excluding carboxylic acids is 2. The summed E-state index contributed by atoms with van der Waals surface area (Å²) in [6.07, 6.45) is 9.18.